The predicted molar refractivity (Wildman–Crippen MR) is 71.7 cm³/mol. The molecular formula is C10H18N8O3. The minimum Gasteiger partial charge on any atom is -0.460 e. The fraction of sp³-hybridized carbons (Fsp3) is 0.400. The zero-order chi connectivity index (χ0) is 15.1. The summed E-state index contributed by atoms with van der Waals surface area (Å²) in [6.45, 7) is 5.49. The minimum absolute atomic E-state index is 0. The molecule has 11 nitrogen and oxygen atoms in total. The number of esters is 1. The summed E-state index contributed by atoms with van der Waals surface area (Å²) in [5.74, 6) is 0.213. The van der Waals surface area contributed by atoms with Gasteiger partial charge in [0.1, 0.15) is 11.6 Å². The number of carbonyl (C=O) groups excluding carboxylic acids is 2. The highest BCUT2D eigenvalue weighted by Crippen LogP contribution is 1.93. The number of aromatic nitrogens is 6. The van der Waals surface area contributed by atoms with Gasteiger partial charge in [-0.15, -0.1) is 10.2 Å². The van der Waals surface area contributed by atoms with Crippen molar-refractivity contribution in [2.75, 3.05) is 6.61 Å². The number of aromatic amines is 2. The number of primary amides is 1. The number of rotatable bonds is 3. The topological polar surface area (TPSA) is 188 Å². The van der Waals surface area contributed by atoms with Gasteiger partial charge in [-0.3, -0.25) is 15.0 Å². The number of carbonyl (C=O) groups is 2. The van der Waals surface area contributed by atoms with Crippen molar-refractivity contribution in [3.8, 4) is 0 Å². The first-order chi connectivity index (χ1) is 9.43. The largest absolute Gasteiger partial charge is 0.460 e. The fourth-order valence-electron chi connectivity index (χ4n) is 1.08. The van der Waals surface area contributed by atoms with E-state index in [2.05, 4.69) is 35.1 Å². The molecule has 21 heavy (non-hydrogen) atoms. The van der Waals surface area contributed by atoms with Crippen molar-refractivity contribution in [3.05, 3.63) is 23.3 Å². The smallest absolute Gasteiger partial charge is 0.378 e. The van der Waals surface area contributed by atoms with Crippen LogP contribution >= 0.6 is 0 Å². The number of hydrogen-bond acceptors (Lipinski definition) is 8. The monoisotopic (exact) mass is 298 g/mol. The quantitative estimate of drug-likeness (QED) is 0.553. The van der Waals surface area contributed by atoms with Crippen LogP contribution in [0.1, 0.15) is 39.8 Å². The van der Waals surface area contributed by atoms with E-state index < -0.39 is 11.9 Å². The molecule has 2 aromatic heterocycles. The molecular weight excluding hydrogens is 280 g/mol. The second-order valence-electron chi connectivity index (χ2n) is 3.57. The van der Waals surface area contributed by atoms with E-state index in [1.165, 1.54) is 0 Å². The number of aryl methyl sites for hydroxylation is 2. The number of ether oxygens (including phenoxy) is 1. The second-order valence-corrected chi connectivity index (χ2v) is 3.57. The Morgan fingerprint density at radius 2 is 1.57 bits per heavy atom. The number of nitrogens with two attached hydrogens (primary N) is 1. The first-order valence-corrected chi connectivity index (χ1v) is 5.69. The highest BCUT2D eigenvalue weighted by Gasteiger charge is 2.10. The van der Waals surface area contributed by atoms with Crippen LogP contribution in [0.25, 0.3) is 0 Å². The molecule has 7 N–H and O–H groups in total. The van der Waals surface area contributed by atoms with Crippen LogP contribution in [-0.4, -0.2) is 48.8 Å². The van der Waals surface area contributed by atoms with Gasteiger partial charge in [0, 0.05) is 0 Å². The first kappa shape index (κ1) is 18.2. The van der Waals surface area contributed by atoms with Crippen LogP contribution in [-0.2, 0) is 4.74 Å². The molecule has 116 valence electrons. The molecule has 1 amide bonds. The van der Waals surface area contributed by atoms with Crippen LogP contribution < -0.4 is 11.9 Å². The molecule has 11 heteroatoms. The lowest BCUT2D eigenvalue weighted by Gasteiger charge is -1.93. The molecule has 2 rings (SSSR count). The van der Waals surface area contributed by atoms with Crippen molar-refractivity contribution in [2.45, 2.75) is 20.8 Å². The van der Waals surface area contributed by atoms with E-state index in [1.54, 1.807) is 20.8 Å². The maximum absolute atomic E-state index is 10.9. The third kappa shape index (κ3) is 5.78. The van der Waals surface area contributed by atoms with Crippen LogP contribution in [0.3, 0.4) is 0 Å². The summed E-state index contributed by atoms with van der Waals surface area (Å²) in [6.07, 6.45) is 0. The zero-order valence-electron chi connectivity index (χ0n) is 12.0. The van der Waals surface area contributed by atoms with E-state index >= 15 is 0 Å². The third-order valence-corrected chi connectivity index (χ3v) is 1.87. The van der Waals surface area contributed by atoms with Gasteiger partial charge in [0.2, 0.25) is 5.82 Å². The molecule has 0 aliphatic heterocycles. The van der Waals surface area contributed by atoms with Crippen molar-refractivity contribution in [1.82, 2.24) is 36.5 Å². The molecule has 0 aliphatic carbocycles. The van der Waals surface area contributed by atoms with Gasteiger partial charge in [0.15, 0.2) is 0 Å². The van der Waals surface area contributed by atoms with Crippen LogP contribution in [0.4, 0.5) is 0 Å². The van der Waals surface area contributed by atoms with Crippen LogP contribution in [0.5, 0.6) is 0 Å². The van der Waals surface area contributed by atoms with Gasteiger partial charge in [-0.2, -0.15) is 0 Å². The average Bonchev–Trinajstić information content (AvgIpc) is 2.99. The number of H-pyrrole nitrogens is 2. The molecule has 2 aromatic rings. The number of nitrogens with one attached hydrogen (secondary N) is 2. The Labute approximate surface area is 120 Å². The normalized spacial score (nSPS) is 9.10. The van der Waals surface area contributed by atoms with Crippen molar-refractivity contribution >= 4 is 11.9 Å². The summed E-state index contributed by atoms with van der Waals surface area (Å²) in [6, 6.07) is 0. The zero-order valence-corrected chi connectivity index (χ0v) is 12.0. The van der Waals surface area contributed by atoms with E-state index in [0.29, 0.717) is 18.3 Å². The highest BCUT2D eigenvalue weighted by molar-refractivity contribution is 5.88. The minimum atomic E-state index is -0.612. The molecule has 0 aliphatic rings. The number of hydrogen-bond donors (Lipinski definition) is 4. The average molecular weight is 298 g/mol. The standard InChI is InChI=1S/C6H9N3O2.C4H6N4O.H3N/c1-3-11-6(10)5-7-4(2)8-9-5;1-2-6-4(3(5)9)8-7-2;/h3H2,1-2H3,(H,7,8,9);1H3,(H2,5,9)(H,6,7,8);1H3. The van der Waals surface area contributed by atoms with Gasteiger partial charge in [-0.1, -0.05) is 0 Å². The Kier molecular flexibility index (Phi) is 7.25. The van der Waals surface area contributed by atoms with Crippen molar-refractivity contribution in [1.29, 1.82) is 0 Å². The highest BCUT2D eigenvalue weighted by atomic mass is 16.5. The Morgan fingerprint density at radius 3 is 1.86 bits per heavy atom. The summed E-state index contributed by atoms with van der Waals surface area (Å²) in [5, 5.41) is 12.2. The van der Waals surface area contributed by atoms with E-state index in [0.717, 1.165) is 0 Å². The van der Waals surface area contributed by atoms with Crippen molar-refractivity contribution in [3.63, 3.8) is 0 Å². The maximum atomic E-state index is 10.9. The Hall–Kier alpha value is -2.82. The molecule has 0 aromatic carbocycles. The fourth-order valence-corrected chi connectivity index (χ4v) is 1.08. The Bertz CT molecular complexity index is 591. The summed E-state index contributed by atoms with van der Waals surface area (Å²) in [7, 11) is 0. The first-order valence-electron chi connectivity index (χ1n) is 5.69. The third-order valence-electron chi connectivity index (χ3n) is 1.87. The molecule has 0 fully saturated rings. The summed E-state index contributed by atoms with van der Waals surface area (Å²) >= 11 is 0. The van der Waals surface area contributed by atoms with Crippen LogP contribution in [0, 0.1) is 13.8 Å². The lowest BCUT2D eigenvalue weighted by Crippen LogP contribution is -2.12. The van der Waals surface area contributed by atoms with E-state index in [-0.39, 0.29) is 17.8 Å². The molecule has 0 saturated heterocycles. The van der Waals surface area contributed by atoms with Crippen molar-refractivity contribution in [2.24, 2.45) is 5.73 Å². The molecule has 0 unspecified atom stereocenters. The van der Waals surface area contributed by atoms with E-state index in [1.807, 2.05) is 0 Å². The molecule has 0 bridgehead atoms. The SMILES string of the molecule is CCOC(=O)c1n[nH]c(C)n1.Cc1nc(C(N)=O)n[nH]1.N. The second kappa shape index (κ2) is 8.37. The summed E-state index contributed by atoms with van der Waals surface area (Å²) in [4.78, 5) is 28.6. The molecule has 0 saturated carbocycles. The van der Waals surface area contributed by atoms with Crippen LogP contribution in [0.2, 0.25) is 0 Å². The predicted octanol–water partition coefficient (Wildman–Crippen LogP) is -0.336. The lowest BCUT2D eigenvalue weighted by atomic mass is 10.6. The maximum Gasteiger partial charge on any atom is 0.378 e. The molecule has 0 atom stereocenters. The van der Waals surface area contributed by atoms with Crippen LogP contribution in [0.15, 0.2) is 0 Å². The van der Waals surface area contributed by atoms with Crippen molar-refractivity contribution < 1.29 is 14.3 Å². The summed E-state index contributed by atoms with van der Waals surface area (Å²) in [5.41, 5.74) is 4.84. The van der Waals surface area contributed by atoms with Gasteiger partial charge < -0.3 is 16.6 Å². The molecule has 0 radical (unpaired) electrons. The Morgan fingerprint density at radius 1 is 1.10 bits per heavy atom. The van der Waals surface area contributed by atoms with Gasteiger partial charge in [0.05, 0.1) is 6.61 Å². The number of amides is 1. The lowest BCUT2D eigenvalue weighted by molar-refractivity contribution is 0.0512. The van der Waals surface area contributed by atoms with Gasteiger partial charge >= 0.3 is 5.97 Å². The number of nitrogens with zero attached hydrogens (tertiary/aromatic N) is 4. The Balaban J connectivity index is 0.000000370. The van der Waals surface area contributed by atoms with Gasteiger partial charge in [-0.25, -0.2) is 14.8 Å². The molecule has 0 spiro atoms. The van der Waals surface area contributed by atoms with Gasteiger partial charge in [0.25, 0.3) is 11.7 Å². The van der Waals surface area contributed by atoms with Gasteiger partial charge in [-0.05, 0) is 20.8 Å². The molecule has 2 heterocycles. The van der Waals surface area contributed by atoms with E-state index in [9.17, 15) is 9.59 Å². The van der Waals surface area contributed by atoms with E-state index in [4.69, 9.17) is 5.73 Å². The summed E-state index contributed by atoms with van der Waals surface area (Å²) < 4.78 is 4.66.